The van der Waals surface area contributed by atoms with E-state index in [-0.39, 0.29) is 0 Å². The summed E-state index contributed by atoms with van der Waals surface area (Å²) in [4.78, 5) is 0. The number of para-hydroxylation sites is 1. The average Bonchev–Trinajstić information content (AvgIpc) is 2.48. The molecule has 1 N–H and O–H groups in total. The molecule has 0 bridgehead atoms. The monoisotopic (exact) mass is 255 g/mol. The van der Waals surface area contributed by atoms with Gasteiger partial charge in [0.15, 0.2) is 0 Å². The van der Waals surface area contributed by atoms with E-state index in [1.54, 1.807) is 0 Å². The van der Waals surface area contributed by atoms with Crippen molar-refractivity contribution in [3.63, 3.8) is 0 Å². The second kappa shape index (κ2) is 6.59. The van der Waals surface area contributed by atoms with Crippen LogP contribution in [0.25, 0.3) is 0 Å². The van der Waals surface area contributed by atoms with E-state index in [0.29, 0.717) is 18.7 Å². The number of hydrogen-bond acceptors (Lipinski definition) is 3. The molecule has 3 nitrogen and oxygen atoms in total. The zero-order chi connectivity index (χ0) is 13.5. The SMILES string of the molecule is CC/C(=N\O)c1ccccc1OCc1ccccc1. The summed E-state index contributed by atoms with van der Waals surface area (Å²) in [6, 6.07) is 17.6. The van der Waals surface area contributed by atoms with Gasteiger partial charge in [-0.1, -0.05) is 54.5 Å². The van der Waals surface area contributed by atoms with Crippen LogP contribution >= 0.6 is 0 Å². The van der Waals surface area contributed by atoms with Crippen LogP contribution in [0.2, 0.25) is 0 Å². The van der Waals surface area contributed by atoms with Crippen molar-refractivity contribution in [1.82, 2.24) is 0 Å². The normalized spacial score (nSPS) is 11.3. The number of hydrogen-bond donors (Lipinski definition) is 1. The van der Waals surface area contributed by atoms with Gasteiger partial charge in [-0.15, -0.1) is 0 Å². The van der Waals surface area contributed by atoms with E-state index in [0.717, 1.165) is 16.9 Å². The molecule has 0 aliphatic carbocycles. The molecule has 0 radical (unpaired) electrons. The summed E-state index contributed by atoms with van der Waals surface area (Å²) in [5.74, 6) is 0.737. The second-order valence-corrected chi connectivity index (χ2v) is 4.17. The van der Waals surface area contributed by atoms with Crippen LogP contribution in [0.5, 0.6) is 5.75 Å². The maximum Gasteiger partial charge on any atom is 0.128 e. The summed E-state index contributed by atoms with van der Waals surface area (Å²) in [7, 11) is 0. The molecule has 2 rings (SSSR count). The van der Waals surface area contributed by atoms with E-state index in [9.17, 15) is 0 Å². The van der Waals surface area contributed by atoms with Crippen LogP contribution in [0.1, 0.15) is 24.5 Å². The highest BCUT2D eigenvalue weighted by Gasteiger charge is 2.09. The van der Waals surface area contributed by atoms with E-state index < -0.39 is 0 Å². The Labute approximate surface area is 113 Å². The van der Waals surface area contributed by atoms with Crippen LogP contribution in [0.4, 0.5) is 0 Å². The molecule has 0 aliphatic heterocycles. The molecule has 0 aliphatic rings. The Morgan fingerprint density at radius 1 is 1.05 bits per heavy atom. The van der Waals surface area contributed by atoms with E-state index in [1.807, 2.05) is 61.5 Å². The van der Waals surface area contributed by atoms with Crippen LogP contribution in [-0.2, 0) is 6.61 Å². The summed E-state index contributed by atoms with van der Waals surface area (Å²) in [5.41, 5.74) is 2.57. The fraction of sp³-hybridized carbons (Fsp3) is 0.188. The lowest BCUT2D eigenvalue weighted by molar-refractivity contribution is 0.303. The highest BCUT2D eigenvalue weighted by molar-refractivity contribution is 6.02. The van der Waals surface area contributed by atoms with Gasteiger partial charge in [0.05, 0.1) is 5.71 Å². The van der Waals surface area contributed by atoms with Gasteiger partial charge in [-0.05, 0) is 24.1 Å². The number of rotatable bonds is 5. The maximum atomic E-state index is 9.02. The Hall–Kier alpha value is -2.29. The smallest absolute Gasteiger partial charge is 0.128 e. The third-order valence-corrected chi connectivity index (χ3v) is 2.89. The van der Waals surface area contributed by atoms with Crippen molar-refractivity contribution in [2.75, 3.05) is 0 Å². The van der Waals surface area contributed by atoms with Gasteiger partial charge < -0.3 is 9.94 Å². The van der Waals surface area contributed by atoms with Gasteiger partial charge in [-0.3, -0.25) is 0 Å². The Kier molecular flexibility index (Phi) is 4.56. The Morgan fingerprint density at radius 2 is 1.74 bits per heavy atom. The van der Waals surface area contributed by atoms with E-state index in [4.69, 9.17) is 9.94 Å². The van der Waals surface area contributed by atoms with Crippen LogP contribution in [0, 0.1) is 0 Å². The molecule has 0 spiro atoms. The molecule has 0 atom stereocenters. The van der Waals surface area contributed by atoms with E-state index in [2.05, 4.69) is 5.16 Å². The summed E-state index contributed by atoms with van der Waals surface area (Å²) >= 11 is 0. The van der Waals surface area contributed by atoms with Gasteiger partial charge in [0.25, 0.3) is 0 Å². The minimum Gasteiger partial charge on any atom is -0.488 e. The first kappa shape index (κ1) is 13.1. The molecular formula is C16H17NO2. The zero-order valence-corrected chi connectivity index (χ0v) is 10.9. The third kappa shape index (κ3) is 3.35. The topological polar surface area (TPSA) is 41.8 Å². The minimum atomic E-state index is 0.500. The van der Waals surface area contributed by atoms with Gasteiger partial charge in [-0.25, -0.2) is 0 Å². The Balaban J connectivity index is 2.17. The molecular weight excluding hydrogens is 238 g/mol. The predicted molar refractivity (Wildman–Crippen MR) is 75.8 cm³/mol. The molecule has 2 aromatic carbocycles. The number of oxime groups is 1. The third-order valence-electron chi connectivity index (χ3n) is 2.89. The van der Waals surface area contributed by atoms with E-state index >= 15 is 0 Å². The van der Waals surface area contributed by atoms with Crippen molar-refractivity contribution in [3.8, 4) is 5.75 Å². The Bertz CT molecular complexity index is 550. The molecule has 19 heavy (non-hydrogen) atoms. The van der Waals surface area contributed by atoms with Gasteiger partial charge in [0.2, 0.25) is 0 Å². The Morgan fingerprint density at radius 3 is 2.42 bits per heavy atom. The van der Waals surface area contributed by atoms with Gasteiger partial charge in [-0.2, -0.15) is 0 Å². The predicted octanol–water partition coefficient (Wildman–Crippen LogP) is 3.85. The molecule has 2 aromatic rings. The summed E-state index contributed by atoms with van der Waals surface area (Å²) in [6.07, 6.45) is 0.655. The molecule has 0 saturated heterocycles. The first-order chi connectivity index (χ1) is 9.35. The van der Waals surface area contributed by atoms with Crippen molar-refractivity contribution in [2.24, 2.45) is 5.16 Å². The zero-order valence-electron chi connectivity index (χ0n) is 10.9. The number of benzene rings is 2. The lowest BCUT2D eigenvalue weighted by Crippen LogP contribution is -2.04. The van der Waals surface area contributed by atoms with Crippen LogP contribution < -0.4 is 4.74 Å². The van der Waals surface area contributed by atoms with Crippen LogP contribution in [0.3, 0.4) is 0 Å². The highest BCUT2D eigenvalue weighted by Crippen LogP contribution is 2.21. The van der Waals surface area contributed by atoms with Crippen molar-refractivity contribution < 1.29 is 9.94 Å². The highest BCUT2D eigenvalue weighted by atomic mass is 16.5. The quantitative estimate of drug-likeness (QED) is 0.501. The second-order valence-electron chi connectivity index (χ2n) is 4.17. The van der Waals surface area contributed by atoms with Crippen molar-refractivity contribution in [2.45, 2.75) is 20.0 Å². The number of ether oxygens (including phenoxy) is 1. The first-order valence-electron chi connectivity index (χ1n) is 6.32. The van der Waals surface area contributed by atoms with Crippen LogP contribution in [-0.4, -0.2) is 10.9 Å². The molecule has 3 heteroatoms. The molecule has 0 aromatic heterocycles. The van der Waals surface area contributed by atoms with Crippen molar-refractivity contribution in [1.29, 1.82) is 0 Å². The lowest BCUT2D eigenvalue weighted by Gasteiger charge is -2.11. The molecule has 0 fully saturated rings. The molecule has 0 heterocycles. The minimum absolute atomic E-state index is 0.500. The molecule has 98 valence electrons. The van der Waals surface area contributed by atoms with Gasteiger partial charge >= 0.3 is 0 Å². The first-order valence-corrected chi connectivity index (χ1v) is 6.32. The lowest BCUT2D eigenvalue weighted by atomic mass is 10.1. The fourth-order valence-corrected chi connectivity index (χ4v) is 1.88. The fourth-order valence-electron chi connectivity index (χ4n) is 1.88. The van der Waals surface area contributed by atoms with Crippen molar-refractivity contribution >= 4 is 5.71 Å². The molecule has 0 saturated carbocycles. The maximum absolute atomic E-state index is 9.02. The summed E-state index contributed by atoms with van der Waals surface area (Å²) < 4.78 is 5.82. The average molecular weight is 255 g/mol. The van der Waals surface area contributed by atoms with Gasteiger partial charge in [0, 0.05) is 5.56 Å². The number of nitrogens with zero attached hydrogens (tertiary/aromatic N) is 1. The van der Waals surface area contributed by atoms with Crippen molar-refractivity contribution in [3.05, 3.63) is 65.7 Å². The molecule has 0 amide bonds. The van der Waals surface area contributed by atoms with E-state index in [1.165, 1.54) is 0 Å². The summed E-state index contributed by atoms with van der Waals surface area (Å²) in [5, 5.41) is 12.4. The molecule has 0 unspecified atom stereocenters. The summed E-state index contributed by atoms with van der Waals surface area (Å²) in [6.45, 7) is 2.45. The van der Waals surface area contributed by atoms with Gasteiger partial charge in [0.1, 0.15) is 12.4 Å². The van der Waals surface area contributed by atoms with Crippen LogP contribution in [0.15, 0.2) is 59.8 Å². The largest absolute Gasteiger partial charge is 0.488 e. The standard InChI is InChI=1S/C16H17NO2/c1-2-15(17-18)14-10-6-7-11-16(14)19-12-13-8-4-3-5-9-13/h3-11,18H,2,12H2,1H3/b17-15+.